The zero-order valence-corrected chi connectivity index (χ0v) is 14.2. The molecule has 5 nitrogen and oxygen atoms in total. The molecule has 122 valence electrons. The summed E-state index contributed by atoms with van der Waals surface area (Å²) in [5.41, 5.74) is 4.91. The number of nitrogens with one attached hydrogen (secondary N) is 2. The topological polar surface area (TPSA) is 53.1 Å². The Hall–Kier alpha value is -2.14. The maximum absolute atomic E-state index is 4.70. The molecular formula is C18H25N5. The fourth-order valence-corrected chi connectivity index (χ4v) is 2.88. The molecule has 1 saturated heterocycles. The fraction of sp³-hybridized carbons (Fsp3) is 0.444. The lowest BCUT2D eigenvalue weighted by Gasteiger charge is -2.27. The van der Waals surface area contributed by atoms with Crippen LogP contribution in [0.1, 0.15) is 22.4 Å². The molecule has 23 heavy (non-hydrogen) atoms. The van der Waals surface area contributed by atoms with Crippen molar-refractivity contribution in [3.05, 3.63) is 46.6 Å². The Morgan fingerprint density at radius 2 is 1.87 bits per heavy atom. The number of nitrogens with zero attached hydrogens (tertiary/aromatic N) is 3. The first-order valence-corrected chi connectivity index (χ1v) is 8.23. The lowest BCUT2D eigenvalue weighted by molar-refractivity contribution is 0.579. The van der Waals surface area contributed by atoms with Gasteiger partial charge in [-0.15, -0.1) is 0 Å². The summed E-state index contributed by atoms with van der Waals surface area (Å²) in [5, 5.41) is 6.81. The molecule has 0 aliphatic carbocycles. The van der Waals surface area contributed by atoms with Gasteiger partial charge in [0.25, 0.3) is 0 Å². The molecule has 0 spiro atoms. The van der Waals surface area contributed by atoms with Gasteiger partial charge in [0.05, 0.1) is 0 Å². The van der Waals surface area contributed by atoms with E-state index in [-0.39, 0.29) is 0 Å². The highest BCUT2D eigenvalue weighted by Crippen LogP contribution is 2.16. The minimum atomic E-state index is 0.781. The Labute approximate surface area is 138 Å². The molecule has 1 aliphatic rings. The molecule has 1 aliphatic heterocycles. The lowest BCUT2D eigenvalue weighted by atomic mass is 10.1. The van der Waals surface area contributed by atoms with Crippen LogP contribution in [0, 0.1) is 20.8 Å². The van der Waals surface area contributed by atoms with Crippen molar-refractivity contribution in [1.29, 1.82) is 0 Å². The van der Waals surface area contributed by atoms with Crippen molar-refractivity contribution < 1.29 is 0 Å². The molecular weight excluding hydrogens is 286 g/mol. The predicted molar refractivity (Wildman–Crippen MR) is 95.1 cm³/mol. The van der Waals surface area contributed by atoms with Crippen LogP contribution in [-0.2, 0) is 6.54 Å². The van der Waals surface area contributed by atoms with Crippen molar-refractivity contribution in [2.75, 3.05) is 36.4 Å². The molecule has 1 aromatic heterocycles. The molecule has 0 unspecified atom stereocenters. The summed E-state index contributed by atoms with van der Waals surface area (Å²) in [6, 6.07) is 8.56. The largest absolute Gasteiger partial charge is 0.366 e. The van der Waals surface area contributed by atoms with Crippen LogP contribution in [-0.4, -0.2) is 36.1 Å². The lowest BCUT2D eigenvalue weighted by Crippen LogP contribution is -2.44. The molecule has 0 saturated carbocycles. The summed E-state index contributed by atoms with van der Waals surface area (Å²) in [7, 11) is 0. The van der Waals surface area contributed by atoms with E-state index in [9.17, 15) is 0 Å². The van der Waals surface area contributed by atoms with Gasteiger partial charge in [0.15, 0.2) is 0 Å². The van der Waals surface area contributed by atoms with Crippen LogP contribution in [0.3, 0.4) is 0 Å². The van der Waals surface area contributed by atoms with E-state index in [4.69, 9.17) is 4.98 Å². The summed E-state index contributed by atoms with van der Waals surface area (Å²) in [4.78, 5) is 11.5. The first-order valence-electron chi connectivity index (χ1n) is 8.23. The van der Waals surface area contributed by atoms with E-state index >= 15 is 0 Å². The maximum atomic E-state index is 4.70. The number of piperazine rings is 1. The Balaban J connectivity index is 1.73. The molecule has 2 aromatic rings. The molecule has 1 fully saturated rings. The van der Waals surface area contributed by atoms with Gasteiger partial charge in [-0.2, -0.15) is 4.98 Å². The van der Waals surface area contributed by atoms with Crippen molar-refractivity contribution >= 4 is 11.8 Å². The molecule has 0 atom stereocenters. The first kappa shape index (κ1) is 15.7. The van der Waals surface area contributed by atoms with Gasteiger partial charge in [0, 0.05) is 44.5 Å². The highest BCUT2D eigenvalue weighted by Gasteiger charge is 2.14. The van der Waals surface area contributed by atoms with Gasteiger partial charge in [-0.05, 0) is 31.9 Å². The van der Waals surface area contributed by atoms with Crippen LogP contribution in [0.15, 0.2) is 24.3 Å². The summed E-state index contributed by atoms with van der Waals surface area (Å²) in [6.45, 7) is 11.0. The van der Waals surface area contributed by atoms with E-state index in [0.29, 0.717) is 0 Å². The SMILES string of the molecule is Cc1ccc(CNc2cc(C)nc(N3CCNCC3)n2)c(C)c1. The van der Waals surface area contributed by atoms with Gasteiger partial charge in [-0.25, -0.2) is 4.98 Å². The highest BCUT2D eigenvalue weighted by molar-refractivity contribution is 5.45. The molecule has 2 N–H and O–H groups in total. The van der Waals surface area contributed by atoms with E-state index in [1.807, 2.05) is 13.0 Å². The number of aromatic nitrogens is 2. The first-order chi connectivity index (χ1) is 11.1. The number of hydrogen-bond acceptors (Lipinski definition) is 5. The smallest absolute Gasteiger partial charge is 0.227 e. The van der Waals surface area contributed by atoms with Crippen LogP contribution >= 0.6 is 0 Å². The summed E-state index contributed by atoms with van der Waals surface area (Å²) in [5.74, 6) is 1.72. The predicted octanol–water partition coefficient (Wildman–Crippen LogP) is 2.42. The number of benzene rings is 1. The molecule has 0 radical (unpaired) electrons. The number of anilines is 2. The van der Waals surface area contributed by atoms with Crippen molar-refractivity contribution in [3.63, 3.8) is 0 Å². The monoisotopic (exact) mass is 311 g/mol. The zero-order chi connectivity index (χ0) is 16.2. The van der Waals surface area contributed by atoms with Gasteiger partial charge < -0.3 is 15.5 Å². The summed E-state index contributed by atoms with van der Waals surface area (Å²) < 4.78 is 0. The van der Waals surface area contributed by atoms with Gasteiger partial charge in [-0.1, -0.05) is 23.8 Å². The third-order valence-corrected chi connectivity index (χ3v) is 4.20. The minimum Gasteiger partial charge on any atom is -0.366 e. The standard InChI is InChI=1S/C18H25N5/c1-13-4-5-16(14(2)10-13)12-20-17-11-15(3)21-18(22-17)23-8-6-19-7-9-23/h4-5,10-11,19H,6-9,12H2,1-3H3,(H,20,21,22). The second-order valence-corrected chi connectivity index (χ2v) is 6.22. The van der Waals surface area contributed by atoms with E-state index in [1.54, 1.807) is 0 Å². The molecule has 3 rings (SSSR count). The molecule has 1 aromatic carbocycles. The van der Waals surface area contributed by atoms with Crippen LogP contribution < -0.4 is 15.5 Å². The molecule has 5 heteroatoms. The summed E-state index contributed by atoms with van der Waals surface area (Å²) in [6.07, 6.45) is 0. The van der Waals surface area contributed by atoms with E-state index < -0.39 is 0 Å². The minimum absolute atomic E-state index is 0.781. The van der Waals surface area contributed by atoms with Crippen molar-refractivity contribution in [2.24, 2.45) is 0 Å². The average molecular weight is 311 g/mol. The second-order valence-electron chi connectivity index (χ2n) is 6.22. The highest BCUT2D eigenvalue weighted by atomic mass is 15.3. The quantitative estimate of drug-likeness (QED) is 0.908. The van der Waals surface area contributed by atoms with Crippen LogP contribution in [0.25, 0.3) is 0 Å². The Morgan fingerprint density at radius 1 is 1.09 bits per heavy atom. The van der Waals surface area contributed by atoms with Crippen LogP contribution in [0.5, 0.6) is 0 Å². The number of rotatable bonds is 4. The Kier molecular flexibility index (Phi) is 4.76. The molecule has 0 amide bonds. The van der Waals surface area contributed by atoms with Crippen LogP contribution in [0.2, 0.25) is 0 Å². The van der Waals surface area contributed by atoms with Crippen molar-refractivity contribution in [2.45, 2.75) is 27.3 Å². The van der Waals surface area contributed by atoms with Gasteiger partial charge >= 0.3 is 0 Å². The normalized spacial score (nSPS) is 14.8. The maximum Gasteiger partial charge on any atom is 0.227 e. The van der Waals surface area contributed by atoms with Crippen LogP contribution in [0.4, 0.5) is 11.8 Å². The Bertz CT molecular complexity index is 677. The fourth-order valence-electron chi connectivity index (χ4n) is 2.88. The van der Waals surface area contributed by atoms with Gasteiger partial charge in [-0.3, -0.25) is 0 Å². The Morgan fingerprint density at radius 3 is 2.61 bits per heavy atom. The number of hydrogen-bond donors (Lipinski definition) is 2. The van der Waals surface area contributed by atoms with Crippen molar-refractivity contribution in [3.8, 4) is 0 Å². The number of aryl methyl sites for hydroxylation is 3. The van der Waals surface area contributed by atoms with Crippen molar-refractivity contribution in [1.82, 2.24) is 15.3 Å². The van der Waals surface area contributed by atoms with Gasteiger partial charge in [0.1, 0.15) is 5.82 Å². The van der Waals surface area contributed by atoms with E-state index in [0.717, 1.165) is 50.2 Å². The summed E-state index contributed by atoms with van der Waals surface area (Å²) >= 11 is 0. The second kappa shape index (κ2) is 6.96. The average Bonchev–Trinajstić information content (AvgIpc) is 2.54. The third kappa shape index (κ3) is 3.99. The molecule has 2 heterocycles. The van der Waals surface area contributed by atoms with E-state index in [1.165, 1.54) is 16.7 Å². The zero-order valence-electron chi connectivity index (χ0n) is 14.2. The van der Waals surface area contributed by atoms with E-state index in [2.05, 4.69) is 52.6 Å². The van der Waals surface area contributed by atoms with Gasteiger partial charge in [0.2, 0.25) is 5.95 Å². The molecule has 0 bridgehead atoms. The third-order valence-electron chi connectivity index (χ3n) is 4.20.